The minimum atomic E-state index is -0.431. The fourth-order valence-corrected chi connectivity index (χ4v) is 1.87. The number of nitro groups is 1. The standard InChI is InChI=1S/C14H18N4O3/c1-2-7-21-14-8-11(3-4-13(14)18(19)20)16-6-5-12-9-15-10-17-12/h3-4,8-10,16H,2,5-7H2,1H3,(H,15,17). The number of rotatable bonds is 8. The highest BCUT2D eigenvalue weighted by Gasteiger charge is 2.15. The molecule has 0 atom stereocenters. The Morgan fingerprint density at radius 3 is 3.00 bits per heavy atom. The van der Waals surface area contributed by atoms with Crippen LogP contribution in [-0.2, 0) is 6.42 Å². The van der Waals surface area contributed by atoms with Gasteiger partial charge in [0.05, 0.1) is 17.9 Å². The minimum Gasteiger partial charge on any atom is -0.487 e. The maximum absolute atomic E-state index is 11.0. The number of ether oxygens (including phenoxy) is 1. The summed E-state index contributed by atoms with van der Waals surface area (Å²) in [5.41, 5.74) is 1.82. The normalized spacial score (nSPS) is 10.3. The van der Waals surface area contributed by atoms with Gasteiger partial charge in [0.25, 0.3) is 0 Å². The van der Waals surface area contributed by atoms with Crippen molar-refractivity contribution in [3.05, 3.63) is 46.5 Å². The van der Waals surface area contributed by atoms with E-state index >= 15 is 0 Å². The van der Waals surface area contributed by atoms with Crippen molar-refractivity contribution in [2.45, 2.75) is 19.8 Å². The number of hydrogen-bond acceptors (Lipinski definition) is 5. The Morgan fingerprint density at radius 2 is 2.33 bits per heavy atom. The van der Waals surface area contributed by atoms with Crippen molar-refractivity contribution in [1.29, 1.82) is 0 Å². The number of aromatic nitrogens is 2. The smallest absolute Gasteiger partial charge is 0.311 e. The Hall–Kier alpha value is -2.57. The van der Waals surface area contributed by atoms with Gasteiger partial charge >= 0.3 is 5.69 Å². The molecule has 0 radical (unpaired) electrons. The summed E-state index contributed by atoms with van der Waals surface area (Å²) in [6, 6.07) is 4.81. The number of nitro benzene ring substituents is 1. The van der Waals surface area contributed by atoms with Gasteiger partial charge in [-0.2, -0.15) is 0 Å². The van der Waals surface area contributed by atoms with Gasteiger partial charge < -0.3 is 15.0 Å². The summed E-state index contributed by atoms with van der Waals surface area (Å²) >= 11 is 0. The fraction of sp³-hybridized carbons (Fsp3) is 0.357. The molecule has 1 aromatic carbocycles. The van der Waals surface area contributed by atoms with Gasteiger partial charge in [-0.3, -0.25) is 10.1 Å². The zero-order valence-electron chi connectivity index (χ0n) is 11.8. The van der Waals surface area contributed by atoms with Gasteiger partial charge in [0.2, 0.25) is 0 Å². The average Bonchev–Trinajstić information content (AvgIpc) is 2.98. The van der Waals surface area contributed by atoms with E-state index < -0.39 is 4.92 Å². The third-order valence-electron chi connectivity index (χ3n) is 2.90. The second-order valence-corrected chi connectivity index (χ2v) is 4.54. The lowest BCUT2D eigenvalue weighted by atomic mass is 10.2. The van der Waals surface area contributed by atoms with Gasteiger partial charge in [-0.05, 0) is 12.5 Å². The highest BCUT2D eigenvalue weighted by atomic mass is 16.6. The van der Waals surface area contributed by atoms with Crippen molar-refractivity contribution in [1.82, 2.24) is 9.97 Å². The Kier molecular flexibility index (Phi) is 5.14. The largest absolute Gasteiger partial charge is 0.487 e. The molecule has 112 valence electrons. The Balaban J connectivity index is 2.00. The number of nitrogens with one attached hydrogen (secondary N) is 2. The second kappa shape index (κ2) is 7.28. The van der Waals surface area contributed by atoms with E-state index in [0.717, 1.165) is 24.2 Å². The quantitative estimate of drug-likeness (QED) is 0.576. The van der Waals surface area contributed by atoms with Crippen LogP contribution >= 0.6 is 0 Å². The molecule has 0 unspecified atom stereocenters. The van der Waals surface area contributed by atoms with E-state index in [1.54, 1.807) is 24.7 Å². The fourth-order valence-electron chi connectivity index (χ4n) is 1.87. The van der Waals surface area contributed by atoms with Crippen LogP contribution in [-0.4, -0.2) is 28.0 Å². The molecule has 0 fully saturated rings. The zero-order chi connectivity index (χ0) is 15.1. The number of H-pyrrole nitrogens is 1. The van der Waals surface area contributed by atoms with E-state index in [2.05, 4.69) is 15.3 Å². The lowest BCUT2D eigenvalue weighted by Gasteiger charge is -2.09. The lowest BCUT2D eigenvalue weighted by Crippen LogP contribution is -2.06. The molecule has 21 heavy (non-hydrogen) atoms. The van der Waals surface area contributed by atoms with Crippen LogP contribution in [0.15, 0.2) is 30.7 Å². The van der Waals surface area contributed by atoms with Crippen molar-refractivity contribution in [3.63, 3.8) is 0 Å². The van der Waals surface area contributed by atoms with E-state index in [4.69, 9.17) is 4.74 Å². The predicted octanol–water partition coefficient (Wildman–Crippen LogP) is 2.76. The van der Waals surface area contributed by atoms with Crippen molar-refractivity contribution in [3.8, 4) is 5.75 Å². The number of benzene rings is 1. The van der Waals surface area contributed by atoms with Crippen LogP contribution in [0.2, 0.25) is 0 Å². The third kappa shape index (κ3) is 4.20. The summed E-state index contributed by atoms with van der Waals surface area (Å²) in [5.74, 6) is 0.299. The zero-order valence-corrected chi connectivity index (χ0v) is 11.8. The van der Waals surface area contributed by atoms with Crippen molar-refractivity contribution < 1.29 is 9.66 Å². The predicted molar refractivity (Wildman–Crippen MR) is 79.7 cm³/mol. The highest BCUT2D eigenvalue weighted by molar-refractivity contribution is 5.58. The maximum Gasteiger partial charge on any atom is 0.311 e. The average molecular weight is 290 g/mol. The van der Waals surface area contributed by atoms with Gasteiger partial charge in [-0.1, -0.05) is 6.92 Å². The molecule has 7 heteroatoms. The minimum absolute atomic E-state index is 0.0115. The summed E-state index contributed by atoms with van der Waals surface area (Å²) < 4.78 is 5.44. The van der Waals surface area contributed by atoms with Gasteiger partial charge in [-0.25, -0.2) is 4.98 Å². The molecule has 0 bridgehead atoms. The first-order valence-electron chi connectivity index (χ1n) is 6.83. The first kappa shape index (κ1) is 14.8. The molecule has 2 N–H and O–H groups in total. The summed E-state index contributed by atoms with van der Waals surface area (Å²) in [6.45, 7) is 3.12. The molecule has 0 saturated carbocycles. The maximum atomic E-state index is 11.0. The molecule has 2 rings (SSSR count). The molecule has 1 heterocycles. The monoisotopic (exact) mass is 290 g/mol. The number of anilines is 1. The highest BCUT2D eigenvalue weighted by Crippen LogP contribution is 2.30. The number of hydrogen-bond donors (Lipinski definition) is 2. The van der Waals surface area contributed by atoms with Crippen LogP contribution in [0.1, 0.15) is 19.0 Å². The molecular formula is C14H18N4O3. The van der Waals surface area contributed by atoms with Gasteiger partial charge in [0.1, 0.15) is 0 Å². The van der Waals surface area contributed by atoms with E-state index in [1.807, 2.05) is 6.92 Å². The third-order valence-corrected chi connectivity index (χ3v) is 2.90. The summed E-state index contributed by atoms with van der Waals surface area (Å²) in [7, 11) is 0. The van der Waals surface area contributed by atoms with Crippen molar-refractivity contribution in [2.75, 3.05) is 18.5 Å². The first-order valence-corrected chi connectivity index (χ1v) is 6.83. The Morgan fingerprint density at radius 1 is 1.48 bits per heavy atom. The van der Waals surface area contributed by atoms with Crippen LogP contribution in [0.4, 0.5) is 11.4 Å². The number of nitrogens with zero attached hydrogens (tertiary/aromatic N) is 2. The van der Waals surface area contributed by atoms with Gasteiger partial charge in [0.15, 0.2) is 5.75 Å². The van der Waals surface area contributed by atoms with E-state index in [0.29, 0.717) is 18.9 Å². The molecule has 2 aromatic rings. The van der Waals surface area contributed by atoms with E-state index in [9.17, 15) is 10.1 Å². The topological polar surface area (TPSA) is 93.1 Å². The SMILES string of the molecule is CCCOc1cc(NCCc2cnc[nH]2)ccc1[N+](=O)[O-]. The molecule has 0 amide bonds. The molecule has 0 saturated heterocycles. The summed E-state index contributed by atoms with van der Waals surface area (Å²) in [5, 5.41) is 14.2. The number of imidazole rings is 1. The second-order valence-electron chi connectivity index (χ2n) is 4.54. The summed E-state index contributed by atoms with van der Waals surface area (Å²) in [6.07, 6.45) is 5.00. The van der Waals surface area contributed by atoms with Gasteiger partial charge in [0, 0.05) is 42.7 Å². The van der Waals surface area contributed by atoms with Crippen molar-refractivity contribution >= 4 is 11.4 Å². The van der Waals surface area contributed by atoms with Crippen LogP contribution < -0.4 is 10.1 Å². The molecule has 7 nitrogen and oxygen atoms in total. The molecular weight excluding hydrogens is 272 g/mol. The number of aromatic amines is 1. The van der Waals surface area contributed by atoms with Gasteiger partial charge in [-0.15, -0.1) is 0 Å². The van der Waals surface area contributed by atoms with E-state index in [-0.39, 0.29) is 5.69 Å². The van der Waals surface area contributed by atoms with E-state index in [1.165, 1.54) is 6.07 Å². The first-order chi connectivity index (χ1) is 10.2. The molecule has 0 aliphatic carbocycles. The van der Waals surface area contributed by atoms with Crippen LogP contribution in [0.5, 0.6) is 5.75 Å². The van der Waals surface area contributed by atoms with Crippen LogP contribution in [0, 0.1) is 10.1 Å². The molecule has 1 aromatic heterocycles. The van der Waals surface area contributed by atoms with Crippen LogP contribution in [0.3, 0.4) is 0 Å². The molecule has 0 aliphatic rings. The van der Waals surface area contributed by atoms with Crippen molar-refractivity contribution in [2.24, 2.45) is 0 Å². The summed E-state index contributed by atoms with van der Waals surface area (Å²) in [4.78, 5) is 17.5. The molecule has 0 spiro atoms. The molecule has 0 aliphatic heterocycles. The Bertz CT molecular complexity index is 584. The lowest BCUT2D eigenvalue weighted by molar-refractivity contribution is -0.385. The van der Waals surface area contributed by atoms with Crippen LogP contribution in [0.25, 0.3) is 0 Å². The Labute approximate surface area is 122 Å².